The first-order valence-electron chi connectivity index (χ1n) is 32.2. The number of nitrogens with zero attached hydrogens (tertiary/aromatic N) is 7. The number of carbonyl (C=O) groups is 8. The third-order valence-corrected chi connectivity index (χ3v) is 24.0. The van der Waals surface area contributed by atoms with Crippen LogP contribution in [0, 0.1) is 11.8 Å². The van der Waals surface area contributed by atoms with Crippen LogP contribution in [0.2, 0.25) is 20.1 Å². The number of thiazole rings is 2. The van der Waals surface area contributed by atoms with Crippen LogP contribution in [0.5, 0.6) is 23.0 Å². The van der Waals surface area contributed by atoms with Gasteiger partial charge in [0.2, 0.25) is 23.0 Å². The Labute approximate surface area is 668 Å². The van der Waals surface area contributed by atoms with Crippen molar-refractivity contribution in [2.45, 2.75) is 101 Å². The van der Waals surface area contributed by atoms with Gasteiger partial charge < -0.3 is 88.4 Å². The number of ketones is 2. The smallest absolute Gasteiger partial charge is 0.352 e. The van der Waals surface area contributed by atoms with E-state index in [0.29, 0.717) is 58.0 Å². The molecule has 4 aromatic carbocycles. The first kappa shape index (κ1) is 83.6. The van der Waals surface area contributed by atoms with E-state index in [1.807, 2.05) is 62.6 Å². The van der Waals surface area contributed by atoms with Gasteiger partial charge in [-0.05, 0) is 55.5 Å². The van der Waals surface area contributed by atoms with Crippen LogP contribution in [-0.4, -0.2) is 171 Å². The number of oxime groups is 2. The highest BCUT2D eigenvalue weighted by atomic mass is 79.9. The maximum absolute atomic E-state index is 13.5. The number of nitrogens with one attached hydrogen (secondary N) is 1. The minimum atomic E-state index is -1.76. The molecule has 108 heavy (non-hydrogen) atoms. The van der Waals surface area contributed by atoms with Gasteiger partial charge in [0, 0.05) is 68.8 Å². The molecule has 0 bridgehead atoms. The van der Waals surface area contributed by atoms with Crippen LogP contribution in [-0.2, 0) is 86.6 Å². The molecule has 2 saturated heterocycles. The molecule has 0 unspecified atom stereocenters. The van der Waals surface area contributed by atoms with Gasteiger partial charge in [-0.1, -0.05) is 130 Å². The fourth-order valence-electron chi connectivity index (χ4n) is 12.2. The summed E-state index contributed by atoms with van der Waals surface area (Å²) in [6.45, 7) is 8.13. The second kappa shape index (κ2) is 33.8. The van der Waals surface area contributed by atoms with Gasteiger partial charge in [0.05, 0.1) is 56.8 Å². The van der Waals surface area contributed by atoms with Crippen molar-refractivity contribution in [2.24, 2.45) is 22.1 Å². The third kappa shape index (κ3) is 17.7. The molecule has 0 spiro atoms. The van der Waals surface area contributed by atoms with Gasteiger partial charge in [0.15, 0.2) is 56.3 Å². The number of phenolic OH excluding ortho intramolecular Hbond substituents is 4. The number of rotatable bonds is 23. The summed E-state index contributed by atoms with van der Waals surface area (Å²) in [7, 11) is 4.03. The van der Waals surface area contributed by atoms with E-state index in [4.69, 9.17) is 79.1 Å². The van der Waals surface area contributed by atoms with Gasteiger partial charge in [-0.2, -0.15) is 0 Å². The zero-order valence-electron chi connectivity index (χ0n) is 57.8. The summed E-state index contributed by atoms with van der Waals surface area (Å²) in [5.74, 6) is -9.62. The standard InChI is InChI=1S/C35H33Cl2N5O9S2.C26H25ClN4O7S2.C9H9Cl2NO2.BrH/c1-35(2,33(49)50)51-40-26(22-15-53-34(38)39-22)23(43)10-19-30(46)41-27(32(47)48)18(14-52-31(19)41)9-8-16-4-6-17(7-5-16)11-42(3)12-20-21(13-42)25(37)29(45)28(44)24(20)36;1-26(2,24(36)37)38-30-19(17-12-40-25(28)29-17)18(32)9-16-21(33)31-20(23(34)35)15(11-39-22(16)31)8-7-13-3-5-14(10-27)6-4-13;1-12-2-4-5(3-12)7(11)9(14)8(13)6(4)10;/h4-9,15,19,31H,10-14H2,1-3H3,(H5-,38,39,40,43,44,45,47,48,49,50);3-8,12,16,22H,9-11H2,1-2H3,(H2,28,29)(H,34,35)(H,36,37);13-14H,2-3H2,1H3;1H/p+1/b;8-7?,30-19-;;/t19-,31-;16-,22-;;/m11../s1. The minimum absolute atomic E-state index is 0. The number of carboxylic acid groups (broad SMARTS) is 4. The fraction of sp³-hybridized carbons (Fsp3) is 0.314. The lowest BCUT2D eigenvalue weighted by Crippen LogP contribution is -3.04. The van der Waals surface area contributed by atoms with Crippen LogP contribution in [0.25, 0.3) is 12.2 Å². The van der Waals surface area contributed by atoms with Gasteiger partial charge >= 0.3 is 23.9 Å². The first-order valence-corrected chi connectivity index (χ1v) is 38.1. The van der Waals surface area contributed by atoms with Crippen molar-refractivity contribution < 1.29 is 115 Å². The highest BCUT2D eigenvalue weighted by Gasteiger charge is 2.56. The van der Waals surface area contributed by atoms with Gasteiger partial charge in [0.1, 0.15) is 55.5 Å². The van der Waals surface area contributed by atoms with Gasteiger partial charge in [-0.15, -0.1) is 57.8 Å². The molecule has 2 aromatic heterocycles. The maximum Gasteiger partial charge on any atom is 0.352 e. The second-order valence-corrected chi connectivity index (χ2v) is 32.5. The number of aliphatic carboxylic acids is 4. The number of carbonyl (C=O) groups excluding carboxylic acids is 4. The average molecular weight is 1720 g/mol. The molecule has 12 rings (SSSR count). The van der Waals surface area contributed by atoms with Crippen molar-refractivity contribution in [2.75, 3.05) is 37.1 Å². The van der Waals surface area contributed by atoms with Gasteiger partial charge in [-0.3, -0.25) is 29.0 Å². The number of allylic oxidation sites excluding steroid dienone is 2. The number of thioether (sulfide) groups is 2. The summed E-state index contributed by atoms with van der Waals surface area (Å²) in [5.41, 5.74) is 14.8. The predicted octanol–water partition coefficient (Wildman–Crippen LogP) is 6.76. The zero-order valence-corrected chi connectivity index (χ0v) is 66.4. The highest BCUT2D eigenvalue weighted by Crippen LogP contribution is 2.51. The van der Waals surface area contributed by atoms with Gasteiger partial charge in [-0.25, -0.2) is 29.1 Å². The number of benzene rings is 4. The number of fused-ring (bicyclic) bond motifs is 4. The molecule has 13 N–H and O–H groups in total. The van der Waals surface area contributed by atoms with Crippen LogP contribution < -0.4 is 33.3 Å². The van der Waals surface area contributed by atoms with Crippen LogP contribution in [0.1, 0.15) is 96.4 Å². The number of phenols is 4. The van der Waals surface area contributed by atoms with E-state index in [9.17, 15) is 79.2 Å². The summed E-state index contributed by atoms with van der Waals surface area (Å²) in [6, 6.07) is 15.2. The number of alkyl halides is 1. The van der Waals surface area contributed by atoms with E-state index in [0.717, 1.165) is 69.1 Å². The monoisotopic (exact) mass is 1720 g/mol. The molecular weight excluding hydrogens is 1650 g/mol. The normalized spacial score (nSPS) is 18.9. The van der Waals surface area contributed by atoms with Crippen LogP contribution in [0.3, 0.4) is 0 Å². The van der Waals surface area contributed by atoms with Crippen molar-refractivity contribution in [1.29, 1.82) is 0 Å². The predicted molar refractivity (Wildman–Crippen MR) is 405 cm³/mol. The topological polar surface area (TPSA) is 430 Å². The number of nitrogens with two attached hydrogens (primary N) is 2. The number of carboxylic acids is 4. The van der Waals surface area contributed by atoms with Crippen molar-refractivity contribution >= 4 is 185 Å². The number of quaternary nitrogens is 2. The number of halogens is 6. The van der Waals surface area contributed by atoms with E-state index < -0.39 is 92.5 Å². The van der Waals surface area contributed by atoms with Crippen molar-refractivity contribution in [3.05, 3.63) is 170 Å². The Morgan fingerprint density at radius 3 is 1.28 bits per heavy atom. The van der Waals surface area contributed by atoms with E-state index in [1.165, 1.54) is 76.7 Å². The Hall–Kier alpha value is -8.45. The number of hydrogen-bond donors (Lipinski definition) is 11. The van der Waals surface area contributed by atoms with E-state index >= 15 is 0 Å². The molecule has 38 heteroatoms. The molecule has 0 aliphatic carbocycles. The minimum Gasteiger partial charge on any atom is -1.00 e. The molecule has 0 saturated carbocycles. The number of β-lactam (4-membered cyclic amide) rings is 2. The first-order chi connectivity index (χ1) is 50.3. The Bertz CT molecular complexity index is 4780. The molecular formula is C70H69BrCl5N10O18S4+. The summed E-state index contributed by atoms with van der Waals surface area (Å²) in [4.78, 5) is 123. The van der Waals surface area contributed by atoms with E-state index in [2.05, 4.69) is 20.3 Å². The zero-order chi connectivity index (χ0) is 78.2. The summed E-state index contributed by atoms with van der Waals surface area (Å²) < 4.78 is 0.515. The van der Waals surface area contributed by atoms with E-state index in [-0.39, 0.29) is 112 Å². The lowest BCUT2D eigenvalue weighted by Gasteiger charge is -2.49. The Balaban J connectivity index is 0.000000214. The quantitative estimate of drug-likeness (QED) is 0.00788. The lowest BCUT2D eigenvalue weighted by molar-refractivity contribution is -0.941. The number of Topliss-reactive ketones (excluding diaryl/α,β-unsaturated/α-hetero) is 2. The summed E-state index contributed by atoms with van der Waals surface area (Å²) in [5, 5.41) is 88.3. The molecule has 6 aromatic rings. The fourth-order valence-corrected chi connectivity index (χ4v) is 17.3. The molecule has 6 aliphatic rings. The number of nitrogen functional groups attached to an aromatic ring is 2. The molecule has 28 nitrogen and oxygen atoms in total. The number of aromatic hydroxyl groups is 4. The van der Waals surface area contributed by atoms with E-state index in [1.54, 1.807) is 24.3 Å². The number of aromatic nitrogens is 2. The number of amides is 2. The Morgan fingerprint density at radius 2 is 0.954 bits per heavy atom. The maximum atomic E-state index is 13.5. The Kier molecular flexibility index (Phi) is 26.2. The van der Waals surface area contributed by atoms with Crippen molar-refractivity contribution in [3.8, 4) is 23.0 Å². The molecule has 8 heterocycles. The third-order valence-electron chi connectivity index (χ3n) is 18.0. The molecule has 572 valence electrons. The van der Waals surface area contributed by atoms with Crippen molar-refractivity contribution in [3.63, 3.8) is 0 Å². The molecule has 4 atom stereocenters. The highest BCUT2D eigenvalue weighted by molar-refractivity contribution is 8.00. The number of hydrogen-bond acceptors (Lipinski definition) is 24. The average Bonchev–Trinajstić information content (AvgIpc) is 1.12. The summed E-state index contributed by atoms with van der Waals surface area (Å²) in [6.07, 6.45) is 6.24. The van der Waals surface area contributed by atoms with Crippen LogP contribution in [0.4, 0.5) is 10.3 Å². The van der Waals surface area contributed by atoms with Crippen LogP contribution in [0.15, 0.2) is 104 Å². The van der Waals surface area contributed by atoms with Crippen molar-refractivity contribution in [1.82, 2.24) is 19.8 Å². The molecule has 6 aliphatic heterocycles. The SMILES string of the molecule is CC(C)(O/N=C(\C(=O)C[C@@H]1C(=O)N2C(C(=O)O)=C(C=Cc3ccc(CCl)cc3)CS[C@H]12)c1csc(N)n1)C(=O)O.CC(C)(O/N=C(\C(=O)C[C@@H]1C(=O)N2C(C(=O)O)=C(C=Cc3ccc(C[N+]4(C)Cc5c(Cl)c(O)c(O)c(Cl)c5C4)cc3)CS[C@H]12)c1csc(N)n1)C(=O)O.C[NH+]1Cc2c(Cl)c(O)c(O)c(Cl)c2C1.[Br-]. The van der Waals surface area contributed by atoms with Gasteiger partial charge in [0.25, 0.3) is 0 Å². The molecule has 2 amide bonds. The molecule has 2 fully saturated rings. The largest absolute Gasteiger partial charge is 1.00 e. The number of anilines is 2. The second-order valence-electron chi connectivity index (χ2n) is 26.7. The Morgan fingerprint density at radius 1 is 0.602 bits per heavy atom. The van der Waals surface area contributed by atoms with Crippen LogP contribution >= 0.6 is 104 Å². The molecule has 0 radical (unpaired) electrons. The summed E-state index contributed by atoms with van der Waals surface area (Å²) >= 11 is 35.0. The lowest BCUT2D eigenvalue weighted by atomic mass is 9.89.